The Bertz CT molecular complexity index is 1630. The second-order valence-electron chi connectivity index (χ2n) is 10.6. The molecule has 0 unspecified atom stereocenters. The summed E-state index contributed by atoms with van der Waals surface area (Å²) in [5.74, 6) is 1.08. The molecule has 0 bridgehead atoms. The van der Waals surface area contributed by atoms with E-state index >= 15 is 0 Å². The number of para-hydroxylation sites is 1. The minimum Gasteiger partial charge on any atom is -0.496 e. The van der Waals surface area contributed by atoms with Crippen molar-refractivity contribution in [2.45, 2.75) is 52.5 Å². The zero-order chi connectivity index (χ0) is 29.3. The molecule has 41 heavy (non-hydrogen) atoms. The molecule has 1 aliphatic carbocycles. The van der Waals surface area contributed by atoms with Gasteiger partial charge in [-0.05, 0) is 70.3 Å². The van der Waals surface area contributed by atoms with Crippen LogP contribution in [-0.2, 0) is 17.0 Å². The standard InChI is InChI=1S/C29H31N7O4S/c1-16-13-30-22(17(2)25(16)39-6)14-36-33-21-12-19(27(37)31-18-10-8-7-9-11-18)20-15-41-35-26(24(34-36)23(20)21)32-28(38)40-29(3,4)5/h7-13H,14-15H2,1-6H3,(H,31,37)(H,32,35,38). The molecular weight excluding hydrogens is 542 g/mol. The van der Waals surface area contributed by atoms with Crippen LogP contribution in [0.4, 0.5) is 10.5 Å². The zero-order valence-corrected chi connectivity index (χ0v) is 24.5. The summed E-state index contributed by atoms with van der Waals surface area (Å²) >= 11 is 1.21. The van der Waals surface area contributed by atoms with Crippen molar-refractivity contribution in [2.75, 3.05) is 12.4 Å². The van der Waals surface area contributed by atoms with E-state index in [1.54, 1.807) is 40.1 Å². The van der Waals surface area contributed by atoms with E-state index in [0.717, 1.165) is 28.1 Å². The minimum atomic E-state index is -0.703. The first-order valence-electron chi connectivity index (χ1n) is 13.0. The summed E-state index contributed by atoms with van der Waals surface area (Å²) in [6.07, 6.45) is 1.09. The normalized spacial score (nSPS) is 12.9. The lowest BCUT2D eigenvalue weighted by Crippen LogP contribution is -2.37. The molecule has 5 rings (SSSR count). The lowest BCUT2D eigenvalue weighted by molar-refractivity contribution is 0.0563. The van der Waals surface area contributed by atoms with Crippen molar-refractivity contribution in [3.63, 3.8) is 0 Å². The minimum absolute atomic E-state index is 0.218. The fourth-order valence-electron chi connectivity index (χ4n) is 4.60. The number of aromatic nitrogens is 4. The first kappa shape index (κ1) is 28.1. The molecule has 2 aromatic rings. The predicted molar refractivity (Wildman–Crippen MR) is 158 cm³/mol. The number of benzene rings is 1. The van der Waals surface area contributed by atoms with E-state index in [2.05, 4.69) is 20.0 Å². The maximum Gasteiger partial charge on any atom is 0.413 e. The highest BCUT2D eigenvalue weighted by molar-refractivity contribution is 7.97. The molecule has 12 heteroatoms. The van der Waals surface area contributed by atoms with Gasteiger partial charge in [-0.15, -0.1) is 0 Å². The number of nitrogens with one attached hydrogen (secondary N) is 2. The summed E-state index contributed by atoms with van der Waals surface area (Å²) < 4.78 is 15.6. The molecule has 2 amide bonds. The molecule has 0 radical (unpaired) electrons. The Kier molecular flexibility index (Phi) is 7.68. The van der Waals surface area contributed by atoms with Gasteiger partial charge >= 0.3 is 6.09 Å². The average Bonchev–Trinajstić information content (AvgIpc) is 3.18. The third kappa shape index (κ3) is 6.02. The molecule has 1 aromatic heterocycles. The molecule has 3 aliphatic rings. The summed E-state index contributed by atoms with van der Waals surface area (Å²) in [4.78, 5) is 32.3. The summed E-state index contributed by atoms with van der Waals surface area (Å²) in [6.45, 7) is 9.44. The average molecular weight is 574 g/mol. The Hall–Kier alpha value is -4.45. The maximum atomic E-state index is 13.4. The molecule has 2 N–H and O–H groups in total. The molecule has 2 aliphatic heterocycles. The quantitative estimate of drug-likeness (QED) is 0.314. The molecule has 0 fully saturated rings. The zero-order valence-electron chi connectivity index (χ0n) is 23.7. The predicted octanol–water partition coefficient (Wildman–Crippen LogP) is 5.14. The number of hydrogen-bond acceptors (Lipinski definition) is 9. The van der Waals surface area contributed by atoms with Crippen molar-refractivity contribution < 1.29 is 19.1 Å². The van der Waals surface area contributed by atoms with Crippen LogP contribution in [0.25, 0.3) is 11.3 Å². The van der Waals surface area contributed by atoms with E-state index in [0.29, 0.717) is 34.0 Å². The second kappa shape index (κ2) is 11.2. The van der Waals surface area contributed by atoms with Crippen molar-refractivity contribution in [3.05, 3.63) is 76.2 Å². The van der Waals surface area contributed by atoms with Gasteiger partial charge in [0.05, 0.1) is 18.5 Å². The highest BCUT2D eigenvalue weighted by atomic mass is 32.2. The SMILES string of the molecule is COc1c(C)cnc(Cn2nc3cc(C(=O)Nc4ccccc4)c4c-3c(n2)C(NC(=O)OC(C)(C)C)=NSC4)c1C. The number of rotatable bonds is 5. The van der Waals surface area contributed by atoms with Gasteiger partial charge in [-0.2, -0.15) is 19.4 Å². The van der Waals surface area contributed by atoms with Gasteiger partial charge in [-0.1, -0.05) is 18.2 Å². The number of amidine groups is 1. The summed E-state index contributed by atoms with van der Waals surface area (Å²) in [5.41, 5.74) is 5.26. The monoisotopic (exact) mass is 573 g/mol. The lowest BCUT2D eigenvalue weighted by Gasteiger charge is -2.20. The molecule has 0 atom stereocenters. The Labute approximate surface area is 242 Å². The maximum absolute atomic E-state index is 13.4. The molecular formula is C29H31N7O4S. The van der Waals surface area contributed by atoms with E-state index in [1.165, 1.54) is 16.7 Å². The van der Waals surface area contributed by atoms with Crippen LogP contribution in [0.15, 0.2) is 47.0 Å². The molecule has 1 aromatic carbocycles. The molecule has 212 valence electrons. The van der Waals surface area contributed by atoms with E-state index in [1.807, 2.05) is 44.2 Å². The summed E-state index contributed by atoms with van der Waals surface area (Å²) in [7, 11) is 1.62. The highest BCUT2D eigenvalue weighted by Gasteiger charge is 2.32. The van der Waals surface area contributed by atoms with Crippen LogP contribution >= 0.6 is 11.9 Å². The fraction of sp³-hybridized carbons (Fsp3) is 0.310. The molecule has 0 saturated carbocycles. The number of aryl methyl sites for hydroxylation is 1. The van der Waals surface area contributed by atoms with E-state index in [4.69, 9.17) is 19.7 Å². The summed E-state index contributed by atoms with van der Waals surface area (Å²) in [5, 5.41) is 15.2. The molecule has 0 saturated heterocycles. The van der Waals surface area contributed by atoms with Gasteiger partial charge in [-0.3, -0.25) is 15.1 Å². The molecule has 11 nitrogen and oxygen atoms in total. The van der Waals surface area contributed by atoms with Gasteiger partial charge in [0.2, 0.25) is 0 Å². The number of nitrogens with zero attached hydrogens (tertiary/aromatic N) is 5. The lowest BCUT2D eigenvalue weighted by atomic mass is 10.1. The Morgan fingerprint density at radius 2 is 1.85 bits per heavy atom. The van der Waals surface area contributed by atoms with Crippen LogP contribution in [0.2, 0.25) is 0 Å². The van der Waals surface area contributed by atoms with Crippen LogP contribution in [0, 0.1) is 13.8 Å². The Morgan fingerprint density at radius 1 is 1.10 bits per heavy atom. The number of carbonyl (C=O) groups is 2. The second-order valence-corrected chi connectivity index (χ2v) is 11.3. The van der Waals surface area contributed by atoms with Crippen molar-refractivity contribution in [1.82, 2.24) is 25.3 Å². The Morgan fingerprint density at radius 3 is 2.56 bits per heavy atom. The van der Waals surface area contributed by atoms with E-state index < -0.39 is 11.7 Å². The van der Waals surface area contributed by atoms with Crippen LogP contribution in [0.1, 0.15) is 59.2 Å². The van der Waals surface area contributed by atoms with Gasteiger partial charge in [-0.25, -0.2) is 4.79 Å². The number of carbonyl (C=O) groups excluding carboxylic acids is 2. The number of hydrogen-bond donors (Lipinski definition) is 2. The van der Waals surface area contributed by atoms with Gasteiger partial charge in [0.15, 0.2) is 5.84 Å². The fourth-order valence-corrected chi connectivity index (χ4v) is 5.36. The van der Waals surface area contributed by atoms with Crippen LogP contribution in [0.3, 0.4) is 0 Å². The van der Waals surface area contributed by atoms with Crippen molar-refractivity contribution >= 4 is 35.5 Å². The smallest absolute Gasteiger partial charge is 0.413 e. The largest absolute Gasteiger partial charge is 0.496 e. The van der Waals surface area contributed by atoms with Gasteiger partial charge in [0.25, 0.3) is 5.91 Å². The first-order valence-corrected chi connectivity index (χ1v) is 13.9. The van der Waals surface area contributed by atoms with E-state index in [9.17, 15) is 9.59 Å². The number of alkyl carbamates (subject to hydrolysis) is 1. The third-order valence-corrected chi connectivity index (χ3v) is 7.09. The van der Waals surface area contributed by atoms with Crippen LogP contribution in [0.5, 0.6) is 5.75 Å². The molecule has 3 heterocycles. The van der Waals surface area contributed by atoms with Crippen molar-refractivity contribution in [3.8, 4) is 17.0 Å². The van der Waals surface area contributed by atoms with Crippen LogP contribution < -0.4 is 15.4 Å². The highest BCUT2D eigenvalue weighted by Crippen LogP contribution is 2.38. The van der Waals surface area contributed by atoms with Gasteiger partial charge < -0.3 is 14.8 Å². The van der Waals surface area contributed by atoms with Crippen molar-refractivity contribution in [1.29, 1.82) is 0 Å². The van der Waals surface area contributed by atoms with Gasteiger partial charge in [0, 0.05) is 39.9 Å². The van der Waals surface area contributed by atoms with Gasteiger partial charge in [0.1, 0.15) is 23.6 Å². The number of anilines is 1. The Balaban J connectivity index is 1.60. The molecule has 0 spiro atoms. The number of pyridine rings is 1. The van der Waals surface area contributed by atoms with E-state index in [-0.39, 0.29) is 18.3 Å². The van der Waals surface area contributed by atoms with Crippen LogP contribution in [-0.4, -0.2) is 50.5 Å². The topological polar surface area (TPSA) is 133 Å². The third-order valence-electron chi connectivity index (χ3n) is 6.37. The number of methoxy groups -OCH3 is 1. The first-order chi connectivity index (χ1) is 19.5. The van der Waals surface area contributed by atoms with Crippen molar-refractivity contribution in [2.24, 2.45) is 4.40 Å². The number of amides is 2. The summed E-state index contributed by atoms with van der Waals surface area (Å²) in [6, 6.07) is 11.0. The number of ether oxygens (including phenoxy) is 2.